The summed E-state index contributed by atoms with van der Waals surface area (Å²) in [5.41, 5.74) is 2.20. The fraction of sp³-hybridized carbons (Fsp3) is 0.615. The number of rotatable bonds is 3. The van der Waals surface area contributed by atoms with Crippen LogP contribution in [0.3, 0.4) is 0 Å². The molecule has 4 nitrogen and oxygen atoms in total. The molecular weight excluding hydrogens is 214 g/mol. The van der Waals surface area contributed by atoms with Gasteiger partial charge in [0.1, 0.15) is 0 Å². The van der Waals surface area contributed by atoms with Gasteiger partial charge in [-0.3, -0.25) is 4.98 Å². The van der Waals surface area contributed by atoms with Crippen molar-refractivity contribution in [2.75, 3.05) is 45.2 Å². The highest BCUT2D eigenvalue weighted by molar-refractivity contribution is 5.45. The van der Waals surface area contributed by atoms with Crippen LogP contribution >= 0.6 is 0 Å². The molecule has 0 N–H and O–H groups in total. The van der Waals surface area contributed by atoms with E-state index >= 15 is 0 Å². The van der Waals surface area contributed by atoms with Crippen LogP contribution < -0.4 is 4.90 Å². The Bertz CT molecular complexity index is 344. The number of hydrogen-bond acceptors (Lipinski definition) is 4. The fourth-order valence-corrected chi connectivity index (χ4v) is 2.01. The molecule has 1 saturated heterocycles. The molecule has 1 aliphatic rings. The number of pyridine rings is 1. The minimum Gasteiger partial charge on any atom is -0.375 e. The number of ether oxygens (including phenoxy) is 1. The van der Waals surface area contributed by atoms with Crippen molar-refractivity contribution >= 4 is 5.69 Å². The topological polar surface area (TPSA) is 28.6 Å². The summed E-state index contributed by atoms with van der Waals surface area (Å²) in [6.45, 7) is 6.42. The van der Waals surface area contributed by atoms with Gasteiger partial charge in [-0.1, -0.05) is 0 Å². The molecule has 1 fully saturated rings. The predicted molar refractivity (Wildman–Crippen MR) is 69.4 cm³/mol. The Kier molecular flexibility index (Phi) is 3.97. The Morgan fingerprint density at radius 3 is 2.47 bits per heavy atom. The van der Waals surface area contributed by atoms with Crippen molar-refractivity contribution in [2.24, 2.45) is 0 Å². The minimum atomic E-state index is 0.0662. The Hall–Kier alpha value is -1.13. The Morgan fingerprint density at radius 2 is 1.94 bits per heavy atom. The largest absolute Gasteiger partial charge is 0.375 e. The third-order valence-electron chi connectivity index (χ3n) is 3.41. The van der Waals surface area contributed by atoms with Crippen LogP contribution in [0, 0.1) is 0 Å². The Labute approximate surface area is 103 Å². The van der Waals surface area contributed by atoms with E-state index in [4.69, 9.17) is 4.74 Å². The first kappa shape index (κ1) is 12.3. The second-order valence-corrected chi connectivity index (χ2v) is 4.61. The van der Waals surface area contributed by atoms with E-state index in [0.29, 0.717) is 0 Å². The lowest BCUT2D eigenvalue weighted by molar-refractivity contribution is 0.116. The molecule has 0 bridgehead atoms. The van der Waals surface area contributed by atoms with Gasteiger partial charge in [0.25, 0.3) is 0 Å². The monoisotopic (exact) mass is 235 g/mol. The van der Waals surface area contributed by atoms with Crippen molar-refractivity contribution in [3.8, 4) is 0 Å². The van der Waals surface area contributed by atoms with Crippen LogP contribution in [0.25, 0.3) is 0 Å². The van der Waals surface area contributed by atoms with Crippen LogP contribution in [0.5, 0.6) is 0 Å². The third kappa shape index (κ3) is 2.96. The van der Waals surface area contributed by atoms with Gasteiger partial charge in [0.2, 0.25) is 0 Å². The molecule has 4 heteroatoms. The van der Waals surface area contributed by atoms with E-state index in [1.807, 2.05) is 13.1 Å². The molecule has 0 aromatic carbocycles. The number of nitrogens with zero attached hydrogens (tertiary/aromatic N) is 3. The molecule has 0 amide bonds. The van der Waals surface area contributed by atoms with E-state index in [0.717, 1.165) is 31.9 Å². The Balaban J connectivity index is 2.02. The zero-order valence-electron chi connectivity index (χ0n) is 10.9. The zero-order valence-corrected chi connectivity index (χ0v) is 10.9. The number of methoxy groups -OCH3 is 1. The van der Waals surface area contributed by atoms with Gasteiger partial charge in [-0.25, -0.2) is 0 Å². The number of piperazine rings is 1. The summed E-state index contributed by atoms with van der Waals surface area (Å²) in [6, 6.07) is 4.20. The van der Waals surface area contributed by atoms with Crippen molar-refractivity contribution in [3.05, 3.63) is 24.0 Å². The van der Waals surface area contributed by atoms with Crippen molar-refractivity contribution in [2.45, 2.75) is 13.0 Å². The molecule has 2 heterocycles. The lowest BCUT2D eigenvalue weighted by Crippen LogP contribution is -2.44. The normalized spacial score (nSPS) is 19.4. The molecule has 17 heavy (non-hydrogen) atoms. The molecule has 94 valence electrons. The van der Waals surface area contributed by atoms with Crippen molar-refractivity contribution in [1.29, 1.82) is 0 Å². The molecule has 2 rings (SSSR count). The maximum Gasteiger partial charge on any atom is 0.0962 e. The quantitative estimate of drug-likeness (QED) is 0.794. The smallest absolute Gasteiger partial charge is 0.0962 e. The van der Waals surface area contributed by atoms with Gasteiger partial charge in [0.15, 0.2) is 0 Å². The summed E-state index contributed by atoms with van der Waals surface area (Å²) >= 11 is 0. The molecule has 0 radical (unpaired) electrons. The van der Waals surface area contributed by atoms with Crippen LogP contribution in [-0.4, -0.2) is 50.2 Å². The van der Waals surface area contributed by atoms with E-state index in [-0.39, 0.29) is 6.10 Å². The molecule has 0 saturated carbocycles. The average Bonchev–Trinajstić information content (AvgIpc) is 2.39. The molecule has 0 unspecified atom stereocenters. The zero-order chi connectivity index (χ0) is 12.3. The van der Waals surface area contributed by atoms with Gasteiger partial charge in [-0.2, -0.15) is 0 Å². The highest BCUT2D eigenvalue weighted by atomic mass is 16.5. The summed E-state index contributed by atoms with van der Waals surface area (Å²) in [6.07, 6.45) is 2.02. The van der Waals surface area contributed by atoms with Crippen LogP contribution in [0.1, 0.15) is 18.7 Å². The van der Waals surface area contributed by atoms with Crippen LogP contribution in [-0.2, 0) is 4.74 Å². The molecule has 1 atom stereocenters. The molecule has 1 aromatic rings. The second kappa shape index (κ2) is 5.47. The van der Waals surface area contributed by atoms with E-state index < -0.39 is 0 Å². The summed E-state index contributed by atoms with van der Waals surface area (Å²) < 4.78 is 5.25. The average molecular weight is 235 g/mol. The van der Waals surface area contributed by atoms with Gasteiger partial charge < -0.3 is 14.5 Å². The first-order valence-electron chi connectivity index (χ1n) is 6.13. The first-order valence-corrected chi connectivity index (χ1v) is 6.13. The maximum absolute atomic E-state index is 5.25. The molecule has 0 aliphatic carbocycles. The van der Waals surface area contributed by atoms with E-state index in [2.05, 4.69) is 34.0 Å². The molecule has 0 spiro atoms. The van der Waals surface area contributed by atoms with Crippen molar-refractivity contribution < 1.29 is 4.74 Å². The molecule has 1 aliphatic heterocycles. The summed E-state index contributed by atoms with van der Waals surface area (Å²) in [5.74, 6) is 0. The summed E-state index contributed by atoms with van der Waals surface area (Å²) in [4.78, 5) is 9.20. The second-order valence-electron chi connectivity index (χ2n) is 4.61. The lowest BCUT2D eigenvalue weighted by Gasteiger charge is -2.33. The highest BCUT2D eigenvalue weighted by Gasteiger charge is 2.14. The summed E-state index contributed by atoms with van der Waals surface area (Å²) in [5, 5.41) is 0. The van der Waals surface area contributed by atoms with Crippen LogP contribution in [0.4, 0.5) is 5.69 Å². The van der Waals surface area contributed by atoms with Gasteiger partial charge in [-0.05, 0) is 26.1 Å². The lowest BCUT2D eigenvalue weighted by atomic mass is 10.2. The molecule has 1 aromatic heterocycles. The molecular formula is C13H21N3O. The number of anilines is 1. The highest BCUT2D eigenvalue weighted by Crippen LogP contribution is 2.18. The number of aromatic nitrogens is 1. The van der Waals surface area contributed by atoms with Crippen LogP contribution in [0.2, 0.25) is 0 Å². The fourth-order valence-electron chi connectivity index (χ4n) is 2.01. The number of hydrogen-bond donors (Lipinski definition) is 0. The maximum atomic E-state index is 5.25. The Morgan fingerprint density at radius 1 is 1.24 bits per heavy atom. The predicted octanol–water partition coefficient (Wildman–Crippen LogP) is 1.54. The van der Waals surface area contributed by atoms with E-state index in [1.54, 1.807) is 7.11 Å². The van der Waals surface area contributed by atoms with Gasteiger partial charge in [0.05, 0.1) is 23.7 Å². The number of likely N-dealkylation sites (N-methyl/N-ethyl adjacent to an activating group) is 1. The third-order valence-corrected chi connectivity index (χ3v) is 3.41. The van der Waals surface area contributed by atoms with E-state index in [9.17, 15) is 0 Å². The van der Waals surface area contributed by atoms with Gasteiger partial charge in [0, 0.05) is 33.3 Å². The van der Waals surface area contributed by atoms with Crippen LogP contribution in [0.15, 0.2) is 18.3 Å². The van der Waals surface area contributed by atoms with Gasteiger partial charge >= 0.3 is 0 Å². The minimum absolute atomic E-state index is 0.0662. The van der Waals surface area contributed by atoms with Crippen molar-refractivity contribution in [1.82, 2.24) is 9.88 Å². The first-order chi connectivity index (χ1) is 8.20. The van der Waals surface area contributed by atoms with E-state index in [1.165, 1.54) is 5.69 Å². The summed E-state index contributed by atoms with van der Waals surface area (Å²) in [7, 11) is 3.87. The SMILES string of the molecule is CO[C@@H](C)c1ccc(N2CCN(C)CC2)cn1. The standard InChI is InChI=1S/C13H21N3O/c1-11(17-3)13-5-4-12(10-14-13)16-8-6-15(2)7-9-16/h4-5,10-11H,6-9H2,1-3H3/t11-/m0/s1. The van der Waals surface area contributed by atoms with Crippen molar-refractivity contribution in [3.63, 3.8) is 0 Å². The van der Waals surface area contributed by atoms with Gasteiger partial charge in [-0.15, -0.1) is 0 Å².